The SMILES string of the molecule is CCOc1cccc(C2/C(=C(\O)c3ccc(OC)c(C)c3)C(=O)C(=O)N2Cc2ccc(OC)cc2)c1. The third-order valence-corrected chi connectivity index (χ3v) is 6.21. The van der Waals surface area contributed by atoms with Gasteiger partial charge < -0.3 is 24.2 Å². The number of hydrogen-bond donors (Lipinski definition) is 1. The van der Waals surface area contributed by atoms with Crippen LogP contribution in [0.15, 0.2) is 72.3 Å². The van der Waals surface area contributed by atoms with E-state index in [-0.39, 0.29) is 17.9 Å². The summed E-state index contributed by atoms with van der Waals surface area (Å²) in [7, 11) is 3.15. The van der Waals surface area contributed by atoms with Crippen LogP contribution in [-0.2, 0) is 16.1 Å². The Morgan fingerprint density at radius 1 is 0.944 bits per heavy atom. The van der Waals surface area contributed by atoms with E-state index < -0.39 is 17.7 Å². The second-order valence-corrected chi connectivity index (χ2v) is 8.46. The van der Waals surface area contributed by atoms with Crippen molar-refractivity contribution in [2.75, 3.05) is 20.8 Å². The molecule has 0 aromatic heterocycles. The topological polar surface area (TPSA) is 85.3 Å². The van der Waals surface area contributed by atoms with E-state index in [1.807, 2.05) is 44.2 Å². The van der Waals surface area contributed by atoms with Gasteiger partial charge in [-0.3, -0.25) is 9.59 Å². The molecule has 36 heavy (non-hydrogen) atoms. The molecular formula is C29H29NO6. The zero-order valence-corrected chi connectivity index (χ0v) is 20.8. The molecule has 0 radical (unpaired) electrons. The minimum Gasteiger partial charge on any atom is -0.507 e. The number of hydrogen-bond acceptors (Lipinski definition) is 6. The van der Waals surface area contributed by atoms with Gasteiger partial charge in [0.15, 0.2) is 0 Å². The summed E-state index contributed by atoms with van der Waals surface area (Å²) in [5.74, 6) is 0.323. The number of aliphatic hydroxyl groups is 1. The molecule has 1 aliphatic rings. The van der Waals surface area contributed by atoms with Gasteiger partial charge in [-0.25, -0.2) is 0 Å². The van der Waals surface area contributed by atoms with Gasteiger partial charge in [-0.05, 0) is 73.0 Å². The van der Waals surface area contributed by atoms with E-state index in [2.05, 4.69) is 0 Å². The molecule has 3 aromatic rings. The number of Topliss-reactive ketones (excluding diaryl/α,β-unsaturated/α-hetero) is 1. The molecule has 7 nitrogen and oxygen atoms in total. The predicted octanol–water partition coefficient (Wildman–Crippen LogP) is 5.03. The van der Waals surface area contributed by atoms with Crippen LogP contribution in [0.5, 0.6) is 17.2 Å². The molecule has 0 spiro atoms. The van der Waals surface area contributed by atoms with Gasteiger partial charge in [-0.1, -0.05) is 24.3 Å². The van der Waals surface area contributed by atoms with Crippen molar-refractivity contribution in [3.05, 3.63) is 94.6 Å². The Morgan fingerprint density at radius 3 is 2.33 bits per heavy atom. The zero-order valence-electron chi connectivity index (χ0n) is 20.8. The molecule has 1 heterocycles. The minimum atomic E-state index is -0.796. The number of benzene rings is 3. The van der Waals surface area contributed by atoms with Crippen LogP contribution in [0.25, 0.3) is 5.76 Å². The number of ketones is 1. The number of amides is 1. The van der Waals surface area contributed by atoms with Crippen LogP contribution in [0.1, 0.15) is 35.2 Å². The molecule has 1 amide bonds. The highest BCUT2D eigenvalue weighted by atomic mass is 16.5. The van der Waals surface area contributed by atoms with Crippen LogP contribution < -0.4 is 14.2 Å². The molecule has 7 heteroatoms. The van der Waals surface area contributed by atoms with Gasteiger partial charge in [0.2, 0.25) is 0 Å². The Balaban J connectivity index is 1.84. The van der Waals surface area contributed by atoms with Gasteiger partial charge in [0, 0.05) is 12.1 Å². The fourth-order valence-electron chi connectivity index (χ4n) is 4.44. The Labute approximate surface area is 210 Å². The molecule has 3 aromatic carbocycles. The third-order valence-electron chi connectivity index (χ3n) is 6.21. The summed E-state index contributed by atoms with van der Waals surface area (Å²) in [5, 5.41) is 11.3. The molecule has 4 rings (SSSR count). The lowest BCUT2D eigenvalue weighted by Gasteiger charge is -2.26. The van der Waals surface area contributed by atoms with Crippen molar-refractivity contribution in [3.63, 3.8) is 0 Å². The van der Waals surface area contributed by atoms with E-state index in [0.717, 1.165) is 11.1 Å². The van der Waals surface area contributed by atoms with E-state index in [9.17, 15) is 14.7 Å². The van der Waals surface area contributed by atoms with E-state index in [0.29, 0.717) is 35.0 Å². The van der Waals surface area contributed by atoms with Gasteiger partial charge in [0.25, 0.3) is 11.7 Å². The lowest BCUT2D eigenvalue weighted by molar-refractivity contribution is -0.140. The first-order valence-electron chi connectivity index (χ1n) is 11.7. The van der Waals surface area contributed by atoms with Crippen molar-refractivity contribution >= 4 is 17.4 Å². The predicted molar refractivity (Wildman–Crippen MR) is 136 cm³/mol. The average molecular weight is 488 g/mol. The minimum absolute atomic E-state index is 0.0340. The number of likely N-dealkylation sites (tertiary alicyclic amines) is 1. The maximum atomic E-state index is 13.3. The van der Waals surface area contributed by atoms with Gasteiger partial charge in [0.1, 0.15) is 23.0 Å². The second-order valence-electron chi connectivity index (χ2n) is 8.46. The van der Waals surface area contributed by atoms with Crippen LogP contribution >= 0.6 is 0 Å². The summed E-state index contributed by atoms with van der Waals surface area (Å²) >= 11 is 0. The Kier molecular flexibility index (Phi) is 7.29. The molecule has 1 aliphatic heterocycles. The molecule has 1 atom stereocenters. The maximum Gasteiger partial charge on any atom is 0.295 e. The van der Waals surface area contributed by atoms with Crippen molar-refractivity contribution in [2.45, 2.75) is 26.4 Å². The molecule has 0 bridgehead atoms. The normalized spacial score (nSPS) is 16.8. The van der Waals surface area contributed by atoms with Gasteiger partial charge in [-0.15, -0.1) is 0 Å². The number of aliphatic hydroxyl groups excluding tert-OH is 1. The number of rotatable bonds is 8. The third kappa shape index (κ3) is 4.77. The maximum absolute atomic E-state index is 13.3. The van der Waals surface area contributed by atoms with E-state index in [1.165, 1.54) is 4.90 Å². The quantitative estimate of drug-likeness (QED) is 0.272. The summed E-state index contributed by atoms with van der Waals surface area (Å²) in [6.45, 7) is 4.38. The first kappa shape index (κ1) is 24.9. The summed E-state index contributed by atoms with van der Waals surface area (Å²) in [5.41, 5.74) is 2.75. The number of ether oxygens (including phenoxy) is 3. The average Bonchev–Trinajstić information content (AvgIpc) is 3.14. The lowest BCUT2D eigenvalue weighted by Crippen LogP contribution is -2.29. The van der Waals surface area contributed by atoms with Gasteiger partial charge >= 0.3 is 0 Å². The van der Waals surface area contributed by atoms with Crippen LogP contribution in [0.4, 0.5) is 0 Å². The van der Waals surface area contributed by atoms with Crippen molar-refractivity contribution in [1.82, 2.24) is 4.90 Å². The first-order valence-corrected chi connectivity index (χ1v) is 11.7. The van der Waals surface area contributed by atoms with Crippen LogP contribution in [0, 0.1) is 6.92 Å². The number of aryl methyl sites for hydroxylation is 1. The Morgan fingerprint density at radius 2 is 1.69 bits per heavy atom. The zero-order chi connectivity index (χ0) is 25.8. The monoisotopic (exact) mass is 487 g/mol. The van der Waals surface area contributed by atoms with Crippen LogP contribution in [0.2, 0.25) is 0 Å². The summed E-state index contributed by atoms with van der Waals surface area (Å²) in [6.07, 6.45) is 0. The molecule has 1 N–H and O–H groups in total. The number of carbonyl (C=O) groups excluding carboxylic acids is 2. The largest absolute Gasteiger partial charge is 0.507 e. The van der Waals surface area contributed by atoms with E-state index in [4.69, 9.17) is 14.2 Å². The number of carbonyl (C=O) groups is 2. The standard InChI is InChI=1S/C29H29NO6/c1-5-36-23-8-6-7-20(16-23)26-25(27(31)21-11-14-24(35-4)18(2)15-21)28(32)29(33)30(26)17-19-9-12-22(34-3)13-10-19/h6-16,26,31H,5,17H2,1-4H3/b27-25+. The molecule has 0 saturated carbocycles. The number of methoxy groups -OCH3 is 2. The summed E-state index contributed by atoms with van der Waals surface area (Å²) in [6, 6.07) is 18.9. The van der Waals surface area contributed by atoms with Crippen molar-refractivity contribution in [1.29, 1.82) is 0 Å². The number of nitrogens with zero attached hydrogens (tertiary/aromatic N) is 1. The molecule has 1 saturated heterocycles. The smallest absolute Gasteiger partial charge is 0.295 e. The van der Waals surface area contributed by atoms with Gasteiger partial charge in [-0.2, -0.15) is 0 Å². The lowest BCUT2D eigenvalue weighted by atomic mass is 9.94. The Bertz CT molecular complexity index is 1310. The summed E-state index contributed by atoms with van der Waals surface area (Å²) in [4.78, 5) is 28.1. The molecule has 186 valence electrons. The summed E-state index contributed by atoms with van der Waals surface area (Å²) < 4.78 is 16.2. The highest BCUT2D eigenvalue weighted by molar-refractivity contribution is 6.46. The van der Waals surface area contributed by atoms with Crippen molar-refractivity contribution in [3.8, 4) is 17.2 Å². The fraction of sp³-hybridized carbons (Fsp3) is 0.241. The van der Waals surface area contributed by atoms with Crippen LogP contribution in [-0.4, -0.2) is 42.5 Å². The molecular weight excluding hydrogens is 458 g/mol. The van der Waals surface area contributed by atoms with E-state index >= 15 is 0 Å². The second kappa shape index (κ2) is 10.6. The van der Waals surface area contributed by atoms with Crippen LogP contribution in [0.3, 0.4) is 0 Å². The first-order chi connectivity index (χ1) is 17.4. The molecule has 1 fully saturated rings. The fourth-order valence-corrected chi connectivity index (χ4v) is 4.44. The van der Waals surface area contributed by atoms with E-state index in [1.54, 1.807) is 50.6 Å². The van der Waals surface area contributed by atoms with Crippen molar-refractivity contribution in [2.24, 2.45) is 0 Å². The highest BCUT2D eigenvalue weighted by Crippen LogP contribution is 2.41. The highest BCUT2D eigenvalue weighted by Gasteiger charge is 2.46. The molecule has 1 unspecified atom stereocenters. The van der Waals surface area contributed by atoms with Gasteiger partial charge in [0.05, 0.1) is 32.4 Å². The Hall–Kier alpha value is -4.26. The van der Waals surface area contributed by atoms with Crippen molar-refractivity contribution < 1.29 is 28.9 Å². The molecule has 0 aliphatic carbocycles.